The predicted molar refractivity (Wildman–Crippen MR) is 66.3 cm³/mol. The molecule has 4 nitrogen and oxygen atoms in total. The normalized spacial score (nSPS) is 11.7. The van der Waals surface area contributed by atoms with Gasteiger partial charge in [-0.05, 0) is 24.6 Å². The number of aromatic carboxylic acids is 1. The van der Waals surface area contributed by atoms with E-state index in [0.29, 0.717) is 10.0 Å². The third kappa shape index (κ3) is 2.55. The fourth-order valence-electron chi connectivity index (χ4n) is 1.61. The summed E-state index contributed by atoms with van der Waals surface area (Å²) in [6.07, 6.45) is -4.89. The van der Waals surface area contributed by atoms with Crippen LogP contribution in [0.15, 0.2) is 27.1 Å². The number of carbonyl (C=O) groups is 1. The fraction of sp³-hybridized carbons (Fsp3) is 0.167. The second kappa shape index (κ2) is 4.93. The lowest BCUT2D eigenvalue weighted by molar-refractivity contribution is -0.141. The Labute approximate surface area is 119 Å². The molecule has 0 aliphatic carbocycles. The molecule has 1 heterocycles. The van der Waals surface area contributed by atoms with Gasteiger partial charge >= 0.3 is 12.1 Å². The molecule has 1 N–H and O–H groups in total. The summed E-state index contributed by atoms with van der Waals surface area (Å²) in [6, 6.07) is 4.78. The number of halogens is 4. The van der Waals surface area contributed by atoms with Crippen LogP contribution in [0.4, 0.5) is 13.2 Å². The molecular weight excluding hydrogens is 343 g/mol. The van der Waals surface area contributed by atoms with Gasteiger partial charge in [-0.25, -0.2) is 9.78 Å². The summed E-state index contributed by atoms with van der Waals surface area (Å²) in [6.45, 7) is 1.65. The minimum absolute atomic E-state index is 0.289. The van der Waals surface area contributed by atoms with Crippen LogP contribution in [-0.4, -0.2) is 16.1 Å². The molecule has 2 aromatic rings. The molecule has 0 fully saturated rings. The van der Waals surface area contributed by atoms with Crippen LogP contribution in [0.3, 0.4) is 0 Å². The summed E-state index contributed by atoms with van der Waals surface area (Å²) in [5.74, 6) is -3.41. The SMILES string of the molecule is Cc1c(Br)cccc1-c1nc(C(F)(F)F)c(C(=O)O)o1. The Morgan fingerprint density at radius 2 is 2.05 bits per heavy atom. The minimum atomic E-state index is -4.89. The van der Waals surface area contributed by atoms with Crippen LogP contribution in [0, 0.1) is 6.92 Å². The van der Waals surface area contributed by atoms with Crippen molar-refractivity contribution in [1.82, 2.24) is 4.98 Å². The average molecular weight is 350 g/mol. The maximum absolute atomic E-state index is 12.7. The van der Waals surface area contributed by atoms with E-state index in [1.54, 1.807) is 19.1 Å². The van der Waals surface area contributed by atoms with Crippen LogP contribution in [-0.2, 0) is 6.18 Å². The van der Waals surface area contributed by atoms with E-state index in [1.807, 2.05) is 0 Å². The van der Waals surface area contributed by atoms with E-state index < -0.39 is 23.6 Å². The molecule has 0 saturated carbocycles. The molecule has 106 valence electrons. The number of aromatic nitrogens is 1. The Morgan fingerprint density at radius 1 is 1.40 bits per heavy atom. The molecule has 0 aliphatic rings. The maximum atomic E-state index is 12.7. The molecule has 0 amide bonds. The summed E-state index contributed by atoms with van der Waals surface area (Å²) in [5, 5.41) is 8.77. The molecule has 0 bridgehead atoms. The smallest absolute Gasteiger partial charge is 0.437 e. The van der Waals surface area contributed by atoms with Crippen LogP contribution in [0.2, 0.25) is 0 Å². The Kier molecular flexibility index (Phi) is 3.59. The number of carboxylic acids is 1. The van der Waals surface area contributed by atoms with Crippen LogP contribution in [0.5, 0.6) is 0 Å². The third-order valence-corrected chi connectivity index (χ3v) is 3.45. The Morgan fingerprint density at radius 3 is 2.55 bits per heavy atom. The van der Waals surface area contributed by atoms with Crippen LogP contribution in [0.25, 0.3) is 11.5 Å². The van der Waals surface area contributed by atoms with E-state index in [9.17, 15) is 18.0 Å². The zero-order valence-corrected chi connectivity index (χ0v) is 11.5. The van der Waals surface area contributed by atoms with Gasteiger partial charge in [-0.2, -0.15) is 13.2 Å². The Balaban J connectivity index is 2.65. The molecule has 1 aromatic heterocycles. The molecule has 0 unspecified atom stereocenters. The van der Waals surface area contributed by atoms with E-state index in [0.717, 1.165) is 0 Å². The van der Waals surface area contributed by atoms with Crippen molar-refractivity contribution < 1.29 is 27.5 Å². The van der Waals surface area contributed by atoms with Gasteiger partial charge in [-0.3, -0.25) is 0 Å². The number of hydrogen-bond acceptors (Lipinski definition) is 3. The number of carboxylic acid groups (broad SMARTS) is 1. The second-order valence-electron chi connectivity index (χ2n) is 3.91. The number of hydrogen-bond donors (Lipinski definition) is 1. The molecule has 0 saturated heterocycles. The molecule has 0 spiro atoms. The van der Waals surface area contributed by atoms with Gasteiger partial charge in [-0.1, -0.05) is 22.0 Å². The number of oxazole rings is 1. The highest BCUT2D eigenvalue weighted by Crippen LogP contribution is 2.36. The van der Waals surface area contributed by atoms with Gasteiger partial charge in [0.15, 0.2) is 5.69 Å². The summed E-state index contributed by atoms with van der Waals surface area (Å²) in [5.41, 5.74) is -0.656. The van der Waals surface area contributed by atoms with Crippen molar-refractivity contribution in [2.75, 3.05) is 0 Å². The van der Waals surface area contributed by atoms with E-state index in [2.05, 4.69) is 20.9 Å². The summed E-state index contributed by atoms with van der Waals surface area (Å²) in [7, 11) is 0. The largest absolute Gasteiger partial charge is 0.475 e. The fourth-order valence-corrected chi connectivity index (χ4v) is 1.98. The lowest BCUT2D eigenvalue weighted by Crippen LogP contribution is -2.11. The van der Waals surface area contributed by atoms with Crippen LogP contribution < -0.4 is 0 Å². The quantitative estimate of drug-likeness (QED) is 0.885. The zero-order valence-electron chi connectivity index (χ0n) is 9.95. The molecular formula is C12H7BrF3NO3. The predicted octanol–water partition coefficient (Wildman–Crippen LogP) is 4.13. The van der Waals surface area contributed by atoms with Gasteiger partial charge in [-0.15, -0.1) is 0 Å². The van der Waals surface area contributed by atoms with Gasteiger partial charge in [0, 0.05) is 10.0 Å². The standard InChI is InChI=1S/C12H7BrF3NO3/c1-5-6(3-2-4-7(5)13)10-17-9(12(14,15)16)8(20-10)11(18)19/h2-4H,1H3,(H,18,19). The first kappa shape index (κ1) is 14.6. The molecule has 0 radical (unpaired) electrons. The number of benzene rings is 1. The monoisotopic (exact) mass is 349 g/mol. The van der Waals surface area contributed by atoms with E-state index >= 15 is 0 Å². The van der Waals surface area contributed by atoms with Gasteiger partial charge in [0.25, 0.3) is 0 Å². The highest BCUT2D eigenvalue weighted by molar-refractivity contribution is 9.10. The summed E-state index contributed by atoms with van der Waals surface area (Å²) >= 11 is 3.23. The lowest BCUT2D eigenvalue weighted by atomic mass is 10.1. The van der Waals surface area contributed by atoms with Crippen molar-refractivity contribution in [1.29, 1.82) is 0 Å². The van der Waals surface area contributed by atoms with Crippen molar-refractivity contribution in [2.45, 2.75) is 13.1 Å². The van der Waals surface area contributed by atoms with Crippen molar-refractivity contribution in [3.05, 3.63) is 39.7 Å². The lowest BCUT2D eigenvalue weighted by Gasteiger charge is -2.03. The van der Waals surface area contributed by atoms with Gasteiger partial charge in [0.1, 0.15) is 0 Å². The van der Waals surface area contributed by atoms with Crippen molar-refractivity contribution in [2.24, 2.45) is 0 Å². The molecule has 20 heavy (non-hydrogen) atoms. The first-order valence-corrected chi connectivity index (χ1v) is 6.08. The summed E-state index contributed by atoms with van der Waals surface area (Å²) in [4.78, 5) is 14.1. The molecule has 0 aliphatic heterocycles. The van der Waals surface area contributed by atoms with Crippen molar-refractivity contribution >= 4 is 21.9 Å². The van der Waals surface area contributed by atoms with Gasteiger partial charge < -0.3 is 9.52 Å². The van der Waals surface area contributed by atoms with Crippen LogP contribution >= 0.6 is 15.9 Å². The van der Waals surface area contributed by atoms with Crippen molar-refractivity contribution in [3.8, 4) is 11.5 Å². The topological polar surface area (TPSA) is 63.3 Å². The van der Waals surface area contributed by atoms with Gasteiger partial charge in [0.05, 0.1) is 0 Å². The minimum Gasteiger partial charge on any atom is -0.475 e. The number of rotatable bonds is 2. The molecule has 0 atom stereocenters. The van der Waals surface area contributed by atoms with E-state index in [1.165, 1.54) is 6.07 Å². The molecule has 1 aromatic carbocycles. The summed E-state index contributed by atoms with van der Waals surface area (Å²) < 4.78 is 43.6. The highest BCUT2D eigenvalue weighted by atomic mass is 79.9. The first-order valence-electron chi connectivity index (χ1n) is 5.28. The highest BCUT2D eigenvalue weighted by Gasteiger charge is 2.41. The number of alkyl halides is 3. The maximum Gasteiger partial charge on any atom is 0.437 e. The second-order valence-corrected chi connectivity index (χ2v) is 4.77. The molecule has 8 heteroatoms. The molecule has 2 rings (SSSR count). The van der Waals surface area contributed by atoms with Gasteiger partial charge in [0.2, 0.25) is 11.7 Å². The average Bonchev–Trinajstić information content (AvgIpc) is 2.77. The van der Waals surface area contributed by atoms with Crippen LogP contribution in [0.1, 0.15) is 21.8 Å². The Hall–Kier alpha value is -1.83. The third-order valence-electron chi connectivity index (χ3n) is 2.59. The zero-order chi connectivity index (χ0) is 15.1. The first-order chi connectivity index (χ1) is 9.21. The number of nitrogens with zero attached hydrogens (tertiary/aromatic N) is 1. The van der Waals surface area contributed by atoms with Crippen molar-refractivity contribution in [3.63, 3.8) is 0 Å². The van der Waals surface area contributed by atoms with E-state index in [4.69, 9.17) is 9.52 Å². The Bertz CT molecular complexity index is 679. The van der Waals surface area contributed by atoms with E-state index in [-0.39, 0.29) is 11.5 Å².